The van der Waals surface area contributed by atoms with E-state index in [1.54, 1.807) is 6.92 Å². The summed E-state index contributed by atoms with van der Waals surface area (Å²) >= 11 is 5.31. The van der Waals surface area contributed by atoms with Crippen LogP contribution < -0.4 is 4.74 Å². The minimum Gasteiger partial charge on any atom is -0.496 e. The van der Waals surface area contributed by atoms with Crippen LogP contribution in [0.5, 0.6) is 5.75 Å². The molecule has 0 atom stereocenters. The molecule has 0 saturated carbocycles. The molecule has 0 bridgehead atoms. The lowest BCUT2D eigenvalue weighted by molar-refractivity contribution is 0.0522. The first kappa shape index (κ1) is 12.5. The molecule has 0 aromatic heterocycles. The van der Waals surface area contributed by atoms with Crippen LogP contribution in [0, 0.1) is 0 Å². The molecule has 1 rings (SSSR count). The van der Waals surface area contributed by atoms with Gasteiger partial charge >= 0.3 is 5.97 Å². The summed E-state index contributed by atoms with van der Waals surface area (Å²) in [6.07, 6.45) is 0. The number of methoxy groups -OCH3 is 1. The van der Waals surface area contributed by atoms with Crippen LogP contribution in [0.15, 0.2) is 18.2 Å². The first-order valence-corrected chi connectivity index (χ1v) is 5.03. The molecule has 0 aliphatic rings. The van der Waals surface area contributed by atoms with Gasteiger partial charge in [-0.15, -0.1) is 0 Å². The molecule has 0 amide bonds. The van der Waals surface area contributed by atoms with Gasteiger partial charge in [0.15, 0.2) is 0 Å². The molecule has 4 nitrogen and oxygen atoms in total. The fourth-order valence-corrected chi connectivity index (χ4v) is 1.31. The Balaban J connectivity index is 3.11. The van der Waals surface area contributed by atoms with Crippen LogP contribution in [0.4, 0.5) is 0 Å². The Morgan fingerprint density at radius 1 is 1.38 bits per heavy atom. The molecule has 0 fully saturated rings. The zero-order valence-electron chi connectivity index (χ0n) is 8.95. The Kier molecular flexibility index (Phi) is 4.31. The number of benzene rings is 1. The number of ether oxygens (including phenoxy) is 2. The molecule has 0 heterocycles. The van der Waals surface area contributed by atoms with E-state index in [4.69, 9.17) is 21.1 Å². The molecule has 0 unspecified atom stereocenters. The number of halogens is 1. The molecule has 0 saturated heterocycles. The van der Waals surface area contributed by atoms with E-state index >= 15 is 0 Å². The van der Waals surface area contributed by atoms with Crippen molar-refractivity contribution >= 4 is 22.8 Å². The van der Waals surface area contributed by atoms with Crippen LogP contribution in [0.2, 0.25) is 0 Å². The Labute approximate surface area is 98.1 Å². The second-order valence-corrected chi connectivity index (χ2v) is 3.25. The van der Waals surface area contributed by atoms with E-state index in [9.17, 15) is 9.59 Å². The van der Waals surface area contributed by atoms with Crippen molar-refractivity contribution in [3.63, 3.8) is 0 Å². The Bertz CT molecular complexity index is 414. The van der Waals surface area contributed by atoms with Crippen LogP contribution in [0.25, 0.3) is 0 Å². The normalized spacial score (nSPS) is 9.69. The lowest BCUT2D eigenvalue weighted by Crippen LogP contribution is -2.07. The van der Waals surface area contributed by atoms with Crippen LogP contribution in [0.1, 0.15) is 27.6 Å². The third kappa shape index (κ3) is 2.73. The van der Waals surface area contributed by atoms with Crippen molar-refractivity contribution in [3.05, 3.63) is 29.3 Å². The van der Waals surface area contributed by atoms with E-state index in [1.807, 2.05) is 0 Å². The molecule has 1 aromatic carbocycles. The lowest BCUT2D eigenvalue weighted by atomic mass is 10.1. The predicted octanol–water partition coefficient (Wildman–Crippen LogP) is 2.25. The highest BCUT2D eigenvalue weighted by Gasteiger charge is 2.15. The maximum atomic E-state index is 11.5. The van der Waals surface area contributed by atoms with Crippen molar-refractivity contribution in [2.45, 2.75) is 6.92 Å². The van der Waals surface area contributed by atoms with Crippen LogP contribution in [0.3, 0.4) is 0 Å². The standard InChI is InChI=1S/C11H11ClO4/c1-3-16-11(14)8-5-4-7(10(12)13)6-9(8)15-2/h4-6H,3H2,1-2H3. The average molecular weight is 243 g/mol. The first-order valence-electron chi connectivity index (χ1n) is 4.65. The van der Waals surface area contributed by atoms with E-state index in [0.29, 0.717) is 0 Å². The summed E-state index contributed by atoms with van der Waals surface area (Å²) in [5.41, 5.74) is 0.539. The van der Waals surface area contributed by atoms with Gasteiger partial charge in [0.25, 0.3) is 5.24 Å². The molecule has 0 aliphatic carbocycles. The average Bonchev–Trinajstić information content (AvgIpc) is 2.28. The van der Waals surface area contributed by atoms with Crippen molar-refractivity contribution < 1.29 is 19.1 Å². The van der Waals surface area contributed by atoms with Crippen molar-refractivity contribution in [2.24, 2.45) is 0 Å². The molecular formula is C11H11ClO4. The molecule has 0 radical (unpaired) electrons. The summed E-state index contributed by atoms with van der Waals surface area (Å²) in [6, 6.07) is 4.30. The number of rotatable bonds is 4. The minimum atomic E-state index is -0.603. The smallest absolute Gasteiger partial charge is 0.341 e. The van der Waals surface area contributed by atoms with Crippen molar-refractivity contribution in [2.75, 3.05) is 13.7 Å². The third-order valence-electron chi connectivity index (χ3n) is 1.92. The monoisotopic (exact) mass is 242 g/mol. The quantitative estimate of drug-likeness (QED) is 0.600. The van der Waals surface area contributed by atoms with Gasteiger partial charge in [0.1, 0.15) is 11.3 Å². The number of hydrogen-bond donors (Lipinski definition) is 0. The van der Waals surface area contributed by atoms with Crippen molar-refractivity contribution in [1.82, 2.24) is 0 Å². The van der Waals surface area contributed by atoms with Gasteiger partial charge < -0.3 is 9.47 Å². The number of hydrogen-bond acceptors (Lipinski definition) is 4. The fourth-order valence-electron chi connectivity index (χ4n) is 1.19. The number of esters is 1. The van der Waals surface area contributed by atoms with E-state index in [2.05, 4.69) is 0 Å². The van der Waals surface area contributed by atoms with Gasteiger partial charge in [-0.25, -0.2) is 4.79 Å². The third-order valence-corrected chi connectivity index (χ3v) is 2.14. The maximum Gasteiger partial charge on any atom is 0.341 e. The molecule has 16 heavy (non-hydrogen) atoms. The summed E-state index contributed by atoms with van der Waals surface area (Å²) in [6.45, 7) is 1.99. The summed E-state index contributed by atoms with van der Waals surface area (Å²) in [7, 11) is 1.40. The highest BCUT2D eigenvalue weighted by molar-refractivity contribution is 6.67. The Morgan fingerprint density at radius 2 is 2.06 bits per heavy atom. The van der Waals surface area contributed by atoms with Gasteiger partial charge in [0.2, 0.25) is 0 Å². The zero-order chi connectivity index (χ0) is 12.1. The molecular weight excluding hydrogens is 232 g/mol. The molecule has 1 aromatic rings. The van der Waals surface area contributed by atoms with Crippen molar-refractivity contribution in [1.29, 1.82) is 0 Å². The number of carbonyl (C=O) groups excluding carboxylic acids is 2. The SMILES string of the molecule is CCOC(=O)c1ccc(C(=O)Cl)cc1OC. The van der Waals surface area contributed by atoms with Gasteiger partial charge in [0, 0.05) is 5.56 Å². The minimum absolute atomic E-state index is 0.268. The summed E-state index contributed by atoms with van der Waals surface area (Å²) in [5.74, 6) is -0.224. The van der Waals surface area contributed by atoms with E-state index < -0.39 is 11.2 Å². The van der Waals surface area contributed by atoms with E-state index in [1.165, 1.54) is 25.3 Å². The predicted molar refractivity (Wildman–Crippen MR) is 59.1 cm³/mol. The Morgan fingerprint density at radius 3 is 2.56 bits per heavy atom. The maximum absolute atomic E-state index is 11.5. The second-order valence-electron chi connectivity index (χ2n) is 2.91. The second kappa shape index (κ2) is 5.51. The molecule has 0 N–H and O–H groups in total. The van der Waals surface area contributed by atoms with Gasteiger partial charge in [-0.1, -0.05) is 0 Å². The molecule has 0 aliphatic heterocycles. The highest BCUT2D eigenvalue weighted by Crippen LogP contribution is 2.22. The van der Waals surface area contributed by atoms with Gasteiger partial charge in [-0.2, -0.15) is 0 Å². The topological polar surface area (TPSA) is 52.6 Å². The van der Waals surface area contributed by atoms with Gasteiger partial charge in [0.05, 0.1) is 13.7 Å². The van der Waals surface area contributed by atoms with E-state index in [-0.39, 0.29) is 23.5 Å². The molecule has 5 heteroatoms. The largest absolute Gasteiger partial charge is 0.496 e. The summed E-state index contributed by atoms with van der Waals surface area (Å²) < 4.78 is 9.83. The Hall–Kier alpha value is -1.55. The first-order chi connectivity index (χ1) is 7.60. The summed E-state index contributed by atoms with van der Waals surface area (Å²) in [5, 5.41) is -0.603. The highest BCUT2D eigenvalue weighted by atomic mass is 35.5. The van der Waals surface area contributed by atoms with Gasteiger partial charge in [-0.05, 0) is 36.7 Å². The fraction of sp³-hybridized carbons (Fsp3) is 0.273. The van der Waals surface area contributed by atoms with Gasteiger partial charge in [-0.3, -0.25) is 4.79 Å². The molecule has 0 spiro atoms. The van der Waals surface area contributed by atoms with E-state index in [0.717, 1.165) is 0 Å². The lowest BCUT2D eigenvalue weighted by Gasteiger charge is -2.08. The van der Waals surface area contributed by atoms with Crippen molar-refractivity contribution in [3.8, 4) is 5.75 Å². The van der Waals surface area contributed by atoms with Crippen LogP contribution in [-0.4, -0.2) is 24.9 Å². The van der Waals surface area contributed by atoms with Crippen LogP contribution in [-0.2, 0) is 4.74 Å². The zero-order valence-corrected chi connectivity index (χ0v) is 9.71. The summed E-state index contributed by atoms with van der Waals surface area (Å²) in [4.78, 5) is 22.4. The number of carbonyl (C=O) groups is 2. The van der Waals surface area contributed by atoms with Crippen LogP contribution >= 0.6 is 11.6 Å². The molecule has 86 valence electrons.